The highest BCUT2D eigenvalue weighted by Gasteiger charge is 2.49. The third kappa shape index (κ3) is 2.60. The Labute approximate surface area is 107 Å². The van der Waals surface area contributed by atoms with Crippen LogP contribution < -0.4 is 0 Å². The van der Waals surface area contributed by atoms with Gasteiger partial charge in [0.2, 0.25) is 0 Å². The van der Waals surface area contributed by atoms with Gasteiger partial charge in [0.05, 0.1) is 12.7 Å². The van der Waals surface area contributed by atoms with Crippen molar-refractivity contribution in [1.82, 2.24) is 4.90 Å². The number of esters is 1. The molecular weight excluding hydrogens is 234 g/mol. The van der Waals surface area contributed by atoms with Crippen molar-refractivity contribution < 1.29 is 19.1 Å². The number of ether oxygens (including phenoxy) is 1. The standard InChI is InChI=1S/C13H19NO4/c1-13(2)6-9(15)8(7-14(3)4)11(16)10(13)12(17)18-5/h7,10H,6H2,1-5H3/t10-/m0/s1. The second-order valence-corrected chi connectivity index (χ2v) is 5.42. The Morgan fingerprint density at radius 2 is 1.94 bits per heavy atom. The number of carbonyl (C=O) groups excluding carboxylic acids is 3. The van der Waals surface area contributed by atoms with Crippen molar-refractivity contribution in [2.24, 2.45) is 11.3 Å². The van der Waals surface area contributed by atoms with E-state index in [1.807, 2.05) is 0 Å². The highest BCUT2D eigenvalue weighted by atomic mass is 16.5. The number of nitrogens with zero attached hydrogens (tertiary/aromatic N) is 1. The first-order valence-corrected chi connectivity index (χ1v) is 5.74. The molecule has 18 heavy (non-hydrogen) atoms. The first kappa shape index (κ1) is 14.4. The number of hydrogen-bond donors (Lipinski definition) is 0. The van der Waals surface area contributed by atoms with Crippen LogP contribution in [0.15, 0.2) is 11.8 Å². The number of methoxy groups -OCH3 is 1. The maximum absolute atomic E-state index is 12.3. The molecule has 0 saturated heterocycles. The molecule has 0 aromatic carbocycles. The molecule has 1 aliphatic rings. The van der Waals surface area contributed by atoms with E-state index >= 15 is 0 Å². The Hall–Kier alpha value is -1.65. The number of ketones is 2. The molecule has 1 rings (SSSR count). The van der Waals surface area contributed by atoms with E-state index < -0.39 is 23.1 Å². The van der Waals surface area contributed by atoms with Gasteiger partial charge in [0.25, 0.3) is 0 Å². The van der Waals surface area contributed by atoms with Crippen molar-refractivity contribution in [2.75, 3.05) is 21.2 Å². The second-order valence-electron chi connectivity index (χ2n) is 5.42. The first-order valence-electron chi connectivity index (χ1n) is 5.74. The van der Waals surface area contributed by atoms with Gasteiger partial charge in [-0.2, -0.15) is 0 Å². The molecule has 1 aliphatic carbocycles. The third-order valence-electron chi connectivity index (χ3n) is 3.05. The summed E-state index contributed by atoms with van der Waals surface area (Å²) in [7, 11) is 4.69. The highest BCUT2D eigenvalue weighted by Crippen LogP contribution is 2.39. The average Bonchev–Trinajstić information content (AvgIpc) is 2.22. The van der Waals surface area contributed by atoms with Gasteiger partial charge in [-0.3, -0.25) is 14.4 Å². The molecule has 5 heteroatoms. The first-order chi connectivity index (χ1) is 8.20. The van der Waals surface area contributed by atoms with Crippen molar-refractivity contribution in [3.8, 4) is 0 Å². The minimum absolute atomic E-state index is 0.0784. The van der Waals surface area contributed by atoms with E-state index in [0.717, 1.165) is 0 Å². The minimum Gasteiger partial charge on any atom is -0.468 e. The predicted molar refractivity (Wildman–Crippen MR) is 65.7 cm³/mol. The molecule has 1 saturated carbocycles. The lowest BCUT2D eigenvalue weighted by Crippen LogP contribution is -2.46. The van der Waals surface area contributed by atoms with Gasteiger partial charge in [0.15, 0.2) is 11.6 Å². The lowest BCUT2D eigenvalue weighted by molar-refractivity contribution is -0.155. The summed E-state index contributed by atoms with van der Waals surface area (Å²) < 4.78 is 4.67. The average molecular weight is 253 g/mol. The zero-order chi connectivity index (χ0) is 14.1. The summed E-state index contributed by atoms with van der Waals surface area (Å²) in [5.41, 5.74) is -0.625. The van der Waals surface area contributed by atoms with Crippen LogP contribution in [0, 0.1) is 11.3 Å². The van der Waals surface area contributed by atoms with Gasteiger partial charge in [0.1, 0.15) is 5.92 Å². The lowest BCUT2D eigenvalue weighted by Gasteiger charge is -2.35. The van der Waals surface area contributed by atoms with E-state index in [0.29, 0.717) is 0 Å². The highest BCUT2D eigenvalue weighted by molar-refractivity contribution is 6.27. The zero-order valence-electron chi connectivity index (χ0n) is 11.4. The zero-order valence-corrected chi connectivity index (χ0v) is 11.4. The van der Waals surface area contributed by atoms with Crippen molar-refractivity contribution >= 4 is 17.5 Å². The molecule has 0 aromatic heterocycles. The molecule has 0 spiro atoms. The maximum Gasteiger partial charge on any atom is 0.317 e. The predicted octanol–water partition coefficient (Wildman–Crippen LogP) is 0.789. The number of hydrogen-bond acceptors (Lipinski definition) is 5. The largest absolute Gasteiger partial charge is 0.468 e. The summed E-state index contributed by atoms with van der Waals surface area (Å²) in [6, 6.07) is 0. The quantitative estimate of drug-likeness (QED) is 0.315. The van der Waals surface area contributed by atoms with Gasteiger partial charge in [-0.1, -0.05) is 13.8 Å². The Bertz CT molecular complexity index is 421. The monoisotopic (exact) mass is 253 g/mol. The Morgan fingerprint density at radius 3 is 2.39 bits per heavy atom. The van der Waals surface area contributed by atoms with Gasteiger partial charge in [-0.15, -0.1) is 0 Å². The summed E-state index contributed by atoms with van der Waals surface area (Å²) in [5.74, 6) is -2.16. The van der Waals surface area contributed by atoms with Gasteiger partial charge in [-0.05, 0) is 5.41 Å². The molecule has 0 unspecified atom stereocenters. The van der Waals surface area contributed by atoms with Crippen LogP contribution in [0.25, 0.3) is 0 Å². The molecule has 0 N–H and O–H groups in total. The van der Waals surface area contributed by atoms with Crippen molar-refractivity contribution in [2.45, 2.75) is 20.3 Å². The minimum atomic E-state index is -0.911. The van der Waals surface area contributed by atoms with Crippen LogP contribution in [0.1, 0.15) is 20.3 Å². The fraction of sp³-hybridized carbons (Fsp3) is 0.615. The van der Waals surface area contributed by atoms with Crippen molar-refractivity contribution in [3.05, 3.63) is 11.8 Å². The SMILES string of the molecule is COC(=O)[C@@H]1C(=O)C(=CN(C)C)C(=O)CC1(C)C. The van der Waals surface area contributed by atoms with Crippen LogP contribution in [0.5, 0.6) is 0 Å². The fourth-order valence-electron chi connectivity index (χ4n) is 2.20. The second kappa shape index (κ2) is 4.92. The summed E-state index contributed by atoms with van der Waals surface area (Å²) in [6.07, 6.45) is 1.63. The van der Waals surface area contributed by atoms with E-state index in [9.17, 15) is 14.4 Å². The third-order valence-corrected chi connectivity index (χ3v) is 3.05. The molecular formula is C13H19NO4. The topological polar surface area (TPSA) is 63.7 Å². The normalized spacial score (nSPS) is 25.2. The molecule has 0 radical (unpaired) electrons. The van der Waals surface area contributed by atoms with Crippen LogP contribution in [0.4, 0.5) is 0 Å². The molecule has 0 bridgehead atoms. The van der Waals surface area contributed by atoms with Crippen molar-refractivity contribution in [1.29, 1.82) is 0 Å². The molecule has 0 aliphatic heterocycles. The smallest absolute Gasteiger partial charge is 0.317 e. The van der Waals surface area contributed by atoms with Crippen LogP contribution in [-0.4, -0.2) is 43.6 Å². The Kier molecular flexibility index (Phi) is 3.94. The van der Waals surface area contributed by atoms with Crippen LogP contribution in [0.2, 0.25) is 0 Å². The van der Waals surface area contributed by atoms with E-state index in [2.05, 4.69) is 4.74 Å². The van der Waals surface area contributed by atoms with Gasteiger partial charge in [0, 0.05) is 26.7 Å². The number of Topliss-reactive ketones (excluding diaryl/α,β-unsaturated/α-hetero) is 2. The molecule has 0 heterocycles. The summed E-state index contributed by atoms with van der Waals surface area (Å²) >= 11 is 0. The number of rotatable bonds is 2. The van der Waals surface area contributed by atoms with Gasteiger partial charge in [-0.25, -0.2) is 0 Å². The maximum atomic E-state index is 12.3. The Balaban J connectivity index is 3.21. The summed E-state index contributed by atoms with van der Waals surface area (Å²) in [5, 5.41) is 0. The van der Waals surface area contributed by atoms with Crippen molar-refractivity contribution in [3.63, 3.8) is 0 Å². The molecule has 100 valence electrons. The molecule has 0 amide bonds. The van der Waals surface area contributed by atoms with E-state index in [1.54, 1.807) is 32.8 Å². The Morgan fingerprint density at radius 1 is 1.39 bits per heavy atom. The molecule has 1 fully saturated rings. The van der Waals surface area contributed by atoms with E-state index in [-0.39, 0.29) is 17.8 Å². The number of carbonyl (C=O) groups is 3. The van der Waals surface area contributed by atoms with E-state index in [4.69, 9.17) is 0 Å². The fourth-order valence-corrected chi connectivity index (χ4v) is 2.20. The van der Waals surface area contributed by atoms with Crippen LogP contribution in [-0.2, 0) is 19.1 Å². The molecule has 0 aromatic rings. The van der Waals surface area contributed by atoms with Gasteiger partial charge < -0.3 is 9.64 Å². The number of allylic oxidation sites excluding steroid dienone is 1. The van der Waals surface area contributed by atoms with Gasteiger partial charge >= 0.3 is 5.97 Å². The van der Waals surface area contributed by atoms with Crippen LogP contribution in [0.3, 0.4) is 0 Å². The molecule has 5 nitrogen and oxygen atoms in total. The summed E-state index contributed by atoms with van der Waals surface area (Å²) in [4.78, 5) is 37.6. The van der Waals surface area contributed by atoms with Crippen LogP contribution >= 0.6 is 0 Å². The van der Waals surface area contributed by atoms with E-state index in [1.165, 1.54) is 13.3 Å². The molecule has 1 atom stereocenters. The lowest BCUT2D eigenvalue weighted by atomic mass is 9.66. The summed E-state index contributed by atoms with van der Waals surface area (Å²) in [6.45, 7) is 3.47.